The molecule has 0 fully saturated rings. The molecule has 0 atom stereocenters. The number of amides is 1. The van der Waals surface area contributed by atoms with Crippen molar-refractivity contribution in [3.8, 4) is 5.75 Å². The highest BCUT2D eigenvalue weighted by Crippen LogP contribution is 2.24. The Bertz CT molecular complexity index is 643. The van der Waals surface area contributed by atoms with Crippen LogP contribution >= 0.6 is 0 Å². The van der Waals surface area contributed by atoms with Gasteiger partial charge in [-0.25, -0.2) is 0 Å². The minimum atomic E-state index is -0.115. The Balaban J connectivity index is 1.88. The highest BCUT2D eigenvalue weighted by atomic mass is 16.5. The summed E-state index contributed by atoms with van der Waals surface area (Å²) in [5.74, 6) is 0.720. The van der Waals surface area contributed by atoms with Crippen molar-refractivity contribution in [3.05, 3.63) is 53.9 Å². The predicted molar refractivity (Wildman–Crippen MR) is 75.3 cm³/mol. The van der Waals surface area contributed by atoms with E-state index in [4.69, 9.17) is 10.5 Å². The molecule has 0 bridgehead atoms. The fourth-order valence-electron chi connectivity index (χ4n) is 2.25. The van der Waals surface area contributed by atoms with Gasteiger partial charge in [0.15, 0.2) is 0 Å². The Kier molecular flexibility index (Phi) is 3.25. The number of fused-ring (bicyclic) bond motifs is 1. The SMILES string of the molecule is Nc1ccncc1C(=O)N1CCOc2ccccc2C1. The molecule has 1 aromatic carbocycles. The number of benzene rings is 1. The number of rotatable bonds is 1. The number of nitrogen functional groups attached to an aromatic ring is 1. The highest BCUT2D eigenvalue weighted by molar-refractivity contribution is 5.98. The van der Waals surface area contributed by atoms with Gasteiger partial charge in [0.2, 0.25) is 0 Å². The lowest BCUT2D eigenvalue weighted by molar-refractivity contribution is 0.0734. The van der Waals surface area contributed by atoms with Gasteiger partial charge in [0.05, 0.1) is 12.1 Å². The van der Waals surface area contributed by atoms with E-state index in [1.165, 1.54) is 6.20 Å². The summed E-state index contributed by atoms with van der Waals surface area (Å²) in [5, 5.41) is 0. The second kappa shape index (κ2) is 5.21. The van der Waals surface area contributed by atoms with Crippen molar-refractivity contribution in [2.75, 3.05) is 18.9 Å². The number of hydrogen-bond donors (Lipinski definition) is 1. The number of ether oxygens (including phenoxy) is 1. The van der Waals surface area contributed by atoms with Gasteiger partial charge in [-0.2, -0.15) is 0 Å². The van der Waals surface area contributed by atoms with Crippen molar-refractivity contribution in [1.82, 2.24) is 9.88 Å². The number of hydrogen-bond acceptors (Lipinski definition) is 4. The molecule has 2 N–H and O–H groups in total. The average Bonchev–Trinajstić information content (AvgIpc) is 2.69. The molecule has 0 saturated heterocycles. The van der Waals surface area contributed by atoms with E-state index in [9.17, 15) is 4.79 Å². The largest absolute Gasteiger partial charge is 0.491 e. The van der Waals surface area contributed by atoms with Gasteiger partial charge in [0, 0.05) is 30.2 Å². The molecule has 2 heterocycles. The number of anilines is 1. The number of para-hydroxylation sites is 1. The summed E-state index contributed by atoms with van der Waals surface area (Å²) in [7, 11) is 0. The third kappa shape index (κ3) is 2.30. The molecule has 1 aliphatic rings. The Labute approximate surface area is 117 Å². The summed E-state index contributed by atoms with van der Waals surface area (Å²) in [5.41, 5.74) is 7.73. The first-order valence-electron chi connectivity index (χ1n) is 6.45. The lowest BCUT2D eigenvalue weighted by atomic mass is 10.1. The van der Waals surface area contributed by atoms with E-state index in [0.29, 0.717) is 30.9 Å². The normalized spacial score (nSPS) is 14.1. The average molecular weight is 269 g/mol. The molecule has 1 aromatic heterocycles. The summed E-state index contributed by atoms with van der Waals surface area (Å²) >= 11 is 0. The Morgan fingerprint density at radius 3 is 3.00 bits per heavy atom. The van der Waals surface area contributed by atoms with E-state index >= 15 is 0 Å². The number of carbonyl (C=O) groups excluding carboxylic acids is 1. The highest BCUT2D eigenvalue weighted by Gasteiger charge is 2.22. The van der Waals surface area contributed by atoms with Gasteiger partial charge in [-0.15, -0.1) is 0 Å². The second-order valence-electron chi connectivity index (χ2n) is 4.65. The molecule has 0 saturated carbocycles. The molecule has 1 amide bonds. The van der Waals surface area contributed by atoms with Gasteiger partial charge in [0.1, 0.15) is 12.4 Å². The first-order valence-corrected chi connectivity index (χ1v) is 6.45. The number of pyridine rings is 1. The fraction of sp³-hybridized carbons (Fsp3) is 0.200. The molecule has 102 valence electrons. The molecule has 0 unspecified atom stereocenters. The van der Waals surface area contributed by atoms with Crippen molar-refractivity contribution in [3.63, 3.8) is 0 Å². The lowest BCUT2D eigenvalue weighted by Crippen LogP contribution is -2.33. The molecule has 0 spiro atoms. The summed E-state index contributed by atoms with van der Waals surface area (Å²) in [4.78, 5) is 18.2. The minimum absolute atomic E-state index is 0.115. The minimum Gasteiger partial charge on any atom is -0.491 e. The van der Waals surface area contributed by atoms with Crippen LogP contribution in [0.3, 0.4) is 0 Å². The van der Waals surface area contributed by atoms with Crippen molar-refractivity contribution >= 4 is 11.6 Å². The Morgan fingerprint density at radius 1 is 1.30 bits per heavy atom. The lowest BCUT2D eigenvalue weighted by Gasteiger charge is -2.20. The number of carbonyl (C=O) groups is 1. The Morgan fingerprint density at radius 2 is 2.15 bits per heavy atom. The third-order valence-corrected chi connectivity index (χ3v) is 3.33. The molecule has 20 heavy (non-hydrogen) atoms. The van der Waals surface area contributed by atoms with Crippen LogP contribution in [-0.4, -0.2) is 28.9 Å². The quantitative estimate of drug-likeness (QED) is 0.855. The van der Waals surface area contributed by atoms with E-state index in [0.717, 1.165) is 11.3 Å². The van der Waals surface area contributed by atoms with Gasteiger partial charge < -0.3 is 15.4 Å². The molecular weight excluding hydrogens is 254 g/mol. The summed E-state index contributed by atoms with van der Waals surface area (Å²) in [6.07, 6.45) is 3.09. The van der Waals surface area contributed by atoms with Gasteiger partial charge in [-0.05, 0) is 12.1 Å². The van der Waals surface area contributed by atoms with E-state index in [1.54, 1.807) is 17.2 Å². The van der Waals surface area contributed by atoms with Gasteiger partial charge in [-0.1, -0.05) is 18.2 Å². The van der Waals surface area contributed by atoms with Crippen LogP contribution in [0, 0.1) is 0 Å². The van der Waals surface area contributed by atoms with Crippen LogP contribution in [0.2, 0.25) is 0 Å². The van der Waals surface area contributed by atoms with Crippen LogP contribution in [0.1, 0.15) is 15.9 Å². The molecule has 1 aliphatic heterocycles. The zero-order chi connectivity index (χ0) is 13.9. The topological polar surface area (TPSA) is 68.5 Å². The number of aromatic nitrogens is 1. The fourth-order valence-corrected chi connectivity index (χ4v) is 2.25. The summed E-state index contributed by atoms with van der Waals surface area (Å²) in [6, 6.07) is 9.38. The molecule has 2 aromatic rings. The number of nitrogens with zero attached hydrogens (tertiary/aromatic N) is 2. The molecular formula is C15H15N3O2. The first-order chi connectivity index (χ1) is 9.75. The smallest absolute Gasteiger partial charge is 0.257 e. The first kappa shape index (κ1) is 12.5. The zero-order valence-corrected chi connectivity index (χ0v) is 11.0. The maximum Gasteiger partial charge on any atom is 0.257 e. The van der Waals surface area contributed by atoms with E-state index in [1.807, 2.05) is 24.3 Å². The Hall–Kier alpha value is -2.56. The zero-order valence-electron chi connectivity index (χ0n) is 11.0. The van der Waals surface area contributed by atoms with Gasteiger partial charge in [-0.3, -0.25) is 9.78 Å². The van der Waals surface area contributed by atoms with Crippen LogP contribution in [0.25, 0.3) is 0 Å². The van der Waals surface area contributed by atoms with E-state index < -0.39 is 0 Å². The second-order valence-corrected chi connectivity index (χ2v) is 4.65. The van der Waals surface area contributed by atoms with Crippen LogP contribution in [0.5, 0.6) is 5.75 Å². The van der Waals surface area contributed by atoms with Crippen molar-refractivity contribution in [2.24, 2.45) is 0 Å². The maximum absolute atomic E-state index is 12.5. The molecule has 0 aliphatic carbocycles. The van der Waals surface area contributed by atoms with Crippen LogP contribution in [-0.2, 0) is 6.54 Å². The summed E-state index contributed by atoms with van der Waals surface area (Å²) in [6.45, 7) is 1.52. The molecule has 3 rings (SSSR count). The molecule has 0 radical (unpaired) electrons. The van der Waals surface area contributed by atoms with Crippen molar-refractivity contribution < 1.29 is 9.53 Å². The van der Waals surface area contributed by atoms with Crippen LogP contribution in [0.4, 0.5) is 5.69 Å². The molecule has 5 heteroatoms. The molecule has 5 nitrogen and oxygen atoms in total. The van der Waals surface area contributed by atoms with E-state index in [2.05, 4.69) is 4.98 Å². The van der Waals surface area contributed by atoms with Crippen LogP contribution < -0.4 is 10.5 Å². The monoisotopic (exact) mass is 269 g/mol. The van der Waals surface area contributed by atoms with Crippen molar-refractivity contribution in [2.45, 2.75) is 6.54 Å². The standard InChI is InChI=1S/C15H15N3O2/c16-13-5-6-17-9-12(13)15(19)18-7-8-20-14-4-2-1-3-11(14)10-18/h1-6,9H,7-8,10H2,(H2,16,17). The predicted octanol–water partition coefficient (Wildman–Crippen LogP) is 1.70. The maximum atomic E-state index is 12.5. The number of nitrogens with two attached hydrogens (primary N) is 1. The van der Waals surface area contributed by atoms with Crippen LogP contribution in [0.15, 0.2) is 42.7 Å². The van der Waals surface area contributed by atoms with Gasteiger partial charge in [0.25, 0.3) is 5.91 Å². The third-order valence-electron chi connectivity index (χ3n) is 3.33. The van der Waals surface area contributed by atoms with Gasteiger partial charge >= 0.3 is 0 Å². The summed E-state index contributed by atoms with van der Waals surface area (Å²) < 4.78 is 5.65. The van der Waals surface area contributed by atoms with Crippen molar-refractivity contribution in [1.29, 1.82) is 0 Å². The van der Waals surface area contributed by atoms with E-state index in [-0.39, 0.29) is 5.91 Å².